The van der Waals surface area contributed by atoms with Crippen molar-refractivity contribution in [1.29, 1.82) is 0 Å². The molecule has 0 bridgehead atoms. The van der Waals surface area contributed by atoms with Crippen LogP contribution in [0, 0.1) is 11.5 Å². The summed E-state index contributed by atoms with van der Waals surface area (Å²) < 4.78 is 61.8. The van der Waals surface area contributed by atoms with Crippen LogP contribution in [0.3, 0.4) is 0 Å². The molecule has 1 aromatic carbocycles. The van der Waals surface area contributed by atoms with Crippen LogP contribution in [0.2, 0.25) is 19.6 Å². The molecule has 0 aliphatic rings. The van der Waals surface area contributed by atoms with Crippen LogP contribution in [0.4, 0.5) is 13.2 Å². The number of ether oxygens (including phenoxy) is 1. The van der Waals surface area contributed by atoms with Gasteiger partial charge in [0, 0.05) is 0 Å². The van der Waals surface area contributed by atoms with Crippen molar-refractivity contribution < 1.29 is 22.1 Å². The minimum Gasteiger partial charge on any atom is -0.497 e. The molecule has 0 amide bonds. The third kappa shape index (κ3) is 5.60. The fraction of sp³-hybridized carbons (Fsp3) is 0.556. The van der Waals surface area contributed by atoms with Gasteiger partial charge in [-0.3, -0.25) is 0 Å². The van der Waals surface area contributed by atoms with Crippen LogP contribution in [-0.2, 0) is 16.5 Å². The van der Waals surface area contributed by atoms with Crippen LogP contribution in [-0.4, -0.2) is 30.3 Å². The zero-order chi connectivity index (χ0) is 20.4. The predicted molar refractivity (Wildman–Crippen MR) is 103 cm³/mol. The van der Waals surface area contributed by atoms with E-state index in [1.165, 1.54) is 31.4 Å². The van der Waals surface area contributed by atoms with Crippen LogP contribution >= 0.6 is 0 Å². The molecule has 8 heteroatoms. The molecule has 3 nitrogen and oxygen atoms in total. The van der Waals surface area contributed by atoms with Crippen LogP contribution in [0.25, 0.3) is 0 Å². The molecular weight excluding hydrogens is 379 g/mol. The van der Waals surface area contributed by atoms with E-state index in [0.29, 0.717) is 5.75 Å². The fourth-order valence-electron chi connectivity index (χ4n) is 1.86. The Kier molecular flexibility index (Phi) is 6.77. The van der Waals surface area contributed by atoms with E-state index in [9.17, 15) is 17.4 Å². The highest BCUT2D eigenvalue weighted by atomic mass is 32.2. The van der Waals surface area contributed by atoms with E-state index < -0.39 is 35.5 Å². The lowest BCUT2D eigenvalue weighted by Crippen LogP contribution is -2.56. The summed E-state index contributed by atoms with van der Waals surface area (Å²) in [6, 6.07) is 5.48. The van der Waals surface area contributed by atoms with Crippen molar-refractivity contribution in [3.05, 3.63) is 29.8 Å². The molecule has 0 heterocycles. The van der Waals surface area contributed by atoms with E-state index in [2.05, 4.69) is 16.2 Å². The number of rotatable bonds is 4. The van der Waals surface area contributed by atoms with Gasteiger partial charge >= 0.3 is 6.18 Å². The molecule has 0 fully saturated rings. The Morgan fingerprint density at radius 3 is 1.92 bits per heavy atom. The number of hydrogen-bond acceptors (Lipinski definition) is 2. The van der Waals surface area contributed by atoms with Crippen molar-refractivity contribution in [2.75, 3.05) is 7.11 Å². The Labute approximate surface area is 157 Å². The minimum atomic E-state index is -4.77. The topological polar surface area (TPSA) is 38.3 Å². The molecule has 1 aromatic rings. The highest BCUT2D eigenvalue weighted by Crippen LogP contribution is 2.40. The lowest BCUT2D eigenvalue weighted by Gasteiger charge is -2.34. The maximum Gasteiger partial charge on any atom is 0.423 e. The zero-order valence-corrected chi connectivity index (χ0v) is 18.0. The van der Waals surface area contributed by atoms with E-state index in [1.807, 2.05) is 19.6 Å². The van der Waals surface area contributed by atoms with Crippen molar-refractivity contribution in [3.8, 4) is 17.2 Å². The van der Waals surface area contributed by atoms with Gasteiger partial charge in [-0.05, 0) is 38.5 Å². The third-order valence-electron chi connectivity index (χ3n) is 3.38. The van der Waals surface area contributed by atoms with Crippen LogP contribution in [0.1, 0.15) is 26.3 Å². The summed E-state index contributed by atoms with van der Waals surface area (Å²) in [4.78, 5) is 0. The van der Waals surface area contributed by atoms with Gasteiger partial charge in [0.05, 0.1) is 22.8 Å². The number of nitrogens with one attached hydrogen (secondary N) is 1. The van der Waals surface area contributed by atoms with Gasteiger partial charge in [0.25, 0.3) is 0 Å². The molecule has 2 atom stereocenters. The fourth-order valence-corrected chi connectivity index (χ4v) is 3.29. The molecule has 1 N–H and O–H groups in total. The molecule has 0 unspecified atom stereocenters. The second-order valence-corrected chi connectivity index (χ2v) is 14.7. The number of benzene rings is 1. The van der Waals surface area contributed by atoms with E-state index in [-0.39, 0.29) is 5.56 Å². The maximum atomic E-state index is 14.3. The number of hydrogen-bond donors (Lipinski definition) is 1. The first-order chi connectivity index (χ1) is 11.6. The number of methoxy groups -OCH3 is 1. The zero-order valence-electron chi connectivity index (χ0n) is 16.2. The number of halogens is 3. The monoisotopic (exact) mass is 405 g/mol. The molecule has 146 valence electrons. The van der Waals surface area contributed by atoms with E-state index in [1.54, 1.807) is 20.8 Å². The van der Waals surface area contributed by atoms with Crippen LogP contribution in [0.15, 0.2) is 24.3 Å². The average Bonchev–Trinajstić information content (AvgIpc) is 2.48. The van der Waals surface area contributed by atoms with Gasteiger partial charge in [-0.1, -0.05) is 37.7 Å². The summed E-state index contributed by atoms with van der Waals surface area (Å²) in [6.45, 7) is 10.4. The Balaban J connectivity index is 3.67. The first-order valence-electron chi connectivity index (χ1n) is 8.08. The molecule has 0 aliphatic heterocycles. The van der Waals surface area contributed by atoms with Crippen molar-refractivity contribution in [2.45, 2.75) is 56.9 Å². The second kappa shape index (κ2) is 7.75. The highest BCUT2D eigenvalue weighted by Gasteiger charge is 2.57. The first-order valence-corrected chi connectivity index (χ1v) is 12.7. The molecular formula is C18H26F3NO2SSi. The Hall–Kier alpha value is -1.30. The summed E-state index contributed by atoms with van der Waals surface area (Å²) in [6.07, 6.45) is -4.77. The summed E-state index contributed by atoms with van der Waals surface area (Å²) in [7, 11) is -2.66. The van der Waals surface area contributed by atoms with Crippen molar-refractivity contribution >= 4 is 19.1 Å². The highest BCUT2D eigenvalue weighted by molar-refractivity contribution is 7.84. The molecule has 26 heavy (non-hydrogen) atoms. The van der Waals surface area contributed by atoms with Gasteiger partial charge in [0.15, 0.2) is 0 Å². The molecule has 0 saturated carbocycles. The lowest BCUT2D eigenvalue weighted by molar-refractivity contribution is -0.176. The van der Waals surface area contributed by atoms with Gasteiger partial charge in [-0.2, -0.15) is 13.2 Å². The van der Waals surface area contributed by atoms with E-state index in [0.717, 1.165) is 0 Å². The van der Waals surface area contributed by atoms with Gasteiger partial charge < -0.3 is 4.74 Å². The van der Waals surface area contributed by atoms with Crippen LogP contribution in [0.5, 0.6) is 5.75 Å². The lowest BCUT2D eigenvalue weighted by atomic mass is 9.91. The van der Waals surface area contributed by atoms with Gasteiger partial charge in [-0.15, -0.1) is 5.54 Å². The van der Waals surface area contributed by atoms with Gasteiger partial charge in [0.2, 0.25) is 5.54 Å². The smallest absolute Gasteiger partial charge is 0.423 e. The maximum absolute atomic E-state index is 14.3. The molecule has 0 saturated heterocycles. The Morgan fingerprint density at radius 2 is 1.58 bits per heavy atom. The third-order valence-corrected chi connectivity index (χ3v) is 5.85. The minimum absolute atomic E-state index is 0.117. The predicted octanol–water partition coefficient (Wildman–Crippen LogP) is 4.39. The average molecular weight is 406 g/mol. The Morgan fingerprint density at radius 1 is 1.08 bits per heavy atom. The number of alkyl halides is 3. The van der Waals surface area contributed by atoms with Crippen LogP contribution < -0.4 is 9.46 Å². The van der Waals surface area contributed by atoms with Crippen molar-refractivity contribution in [1.82, 2.24) is 4.72 Å². The summed E-state index contributed by atoms with van der Waals surface area (Å²) >= 11 is 0. The second-order valence-electron chi connectivity index (χ2n) is 7.96. The van der Waals surface area contributed by atoms with E-state index >= 15 is 0 Å². The summed E-state index contributed by atoms with van der Waals surface area (Å²) in [5.74, 6) is 2.84. The van der Waals surface area contributed by atoms with E-state index in [4.69, 9.17) is 4.74 Å². The Bertz CT molecular complexity index is 710. The molecule has 1 rings (SSSR count). The molecule has 0 radical (unpaired) electrons. The van der Waals surface area contributed by atoms with Crippen molar-refractivity contribution in [3.63, 3.8) is 0 Å². The normalized spacial score (nSPS) is 16.2. The summed E-state index contributed by atoms with van der Waals surface area (Å²) in [5.41, 5.74) is -0.0471. The summed E-state index contributed by atoms with van der Waals surface area (Å²) in [5, 5.41) is 0. The SMILES string of the molecule is COc1ccc([C@](C#C[Si](C)(C)C)(N[S@@](=O)C(C)(C)C)C(F)(F)F)cc1. The van der Waals surface area contributed by atoms with Gasteiger partial charge in [0.1, 0.15) is 13.8 Å². The largest absolute Gasteiger partial charge is 0.497 e. The molecule has 0 aromatic heterocycles. The van der Waals surface area contributed by atoms with Gasteiger partial charge in [-0.25, -0.2) is 8.93 Å². The molecule has 0 spiro atoms. The standard InChI is InChI=1S/C18H26F3NO2SSi/c1-16(2,3)25(23)22-17(18(19,20)21,12-13-26(5,6)7)14-8-10-15(24-4)11-9-14/h8-11,22H,1-7H3/t17-,25-/m0/s1. The quantitative estimate of drug-likeness (QED) is 0.596. The van der Waals surface area contributed by atoms with Crippen molar-refractivity contribution in [2.24, 2.45) is 0 Å². The molecule has 0 aliphatic carbocycles. The first kappa shape index (κ1) is 22.7.